The summed E-state index contributed by atoms with van der Waals surface area (Å²) in [5, 5.41) is 0. The average Bonchev–Trinajstić information content (AvgIpc) is 2.73. The molecule has 0 aromatic carbocycles. The number of imidazole rings is 1. The molecule has 1 aromatic heterocycles. The topological polar surface area (TPSA) is 55.0 Å². The number of amides is 1. The molecule has 1 aliphatic heterocycles. The van der Waals surface area contributed by atoms with Crippen LogP contribution in [0.1, 0.15) is 24.5 Å². The van der Waals surface area contributed by atoms with Crippen LogP contribution in [-0.2, 0) is 4.74 Å². The van der Waals surface area contributed by atoms with Gasteiger partial charge in [-0.3, -0.25) is 0 Å². The zero-order valence-electron chi connectivity index (χ0n) is 9.28. The van der Waals surface area contributed by atoms with Gasteiger partial charge in [0.25, 0.3) is 0 Å². The van der Waals surface area contributed by atoms with Crippen LogP contribution in [0.3, 0.4) is 0 Å². The zero-order chi connectivity index (χ0) is 11.1. The van der Waals surface area contributed by atoms with Crippen molar-refractivity contribution < 1.29 is 14.0 Å². The predicted octanol–water partition coefficient (Wildman–Crippen LogP) is 1.38. The predicted molar refractivity (Wildman–Crippen MR) is 54.1 cm³/mol. The molecule has 5 heteroatoms. The van der Waals surface area contributed by atoms with E-state index in [1.807, 2.05) is 20.9 Å². The van der Waals surface area contributed by atoms with E-state index in [1.54, 1.807) is 6.20 Å². The van der Waals surface area contributed by atoms with Gasteiger partial charge in [-0.1, -0.05) is 0 Å². The molecule has 0 bridgehead atoms. The number of hydrogen-bond donors (Lipinski definition) is 1. The first-order chi connectivity index (χ1) is 7.05. The van der Waals surface area contributed by atoms with Crippen molar-refractivity contribution in [3.63, 3.8) is 0 Å². The SMILES string of the molecule is CC[N@@+]1(C)CC(c2cnc(C)[nH]2)OC1=O. The smallest absolute Gasteiger partial charge is 0.404 e. The minimum Gasteiger partial charge on any atom is -0.404 e. The molecular formula is C10H16N3O2+. The van der Waals surface area contributed by atoms with Gasteiger partial charge in [0.2, 0.25) is 0 Å². The Morgan fingerprint density at radius 3 is 2.93 bits per heavy atom. The van der Waals surface area contributed by atoms with Gasteiger partial charge in [-0.25, -0.2) is 9.47 Å². The molecule has 15 heavy (non-hydrogen) atoms. The molecule has 0 spiro atoms. The van der Waals surface area contributed by atoms with Gasteiger partial charge in [0.05, 0.1) is 25.5 Å². The van der Waals surface area contributed by atoms with Crippen molar-refractivity contribution in [2.24, 2.45) is 0 Å². The highest BCUT2D eigenvalue weighted by Gasteiger charge is 2.45. The molecule has 1 fully saturated rings. The lowest BCUT2D eigenvalue weighted by molar-refractivity contribution is -0.821. The largest absolute Gasteiger partial charge is 0.516 e. The molecule has 1 saturated heterocycles. The summed E-state index contributed by atoms with van der Waals surface area (Å²) >= 11 is 0. The molecule has 2 atom stereocenters. The summed E-state index contributed by atoms with van der Waals surface area (Å²) < 4.78 is 5.67. The fraction of sp³-hybridized carbons (Fsp3) is 0.600. The second-order valence-corrected chi connectivity index (χ2v) is 4.19. The Bertz CT molecular complexity index is 388. The van der Waals surface area contributed by atoms with Crippen LogP contribution in [0, 0.1) is 6.92 Å². The Morgan fingerprint density at radius 1 is 1.73 bits per heavy atom. The number of ether oxygens (including phenoxy) is 1. The Kier molecular flexibility index (Phi) is 2.26. The van der Waals surface area contributed by atoms with E-state index < -0.39 is 0 Å². The van der Waals surface area contributed by atoms with E-state index >= 15 is 0 Å². The van der Waals surface area contributed by atoms with Gasteiger partial charge in [0.15, 0.2) is 6.10 Å². The van der Waals surface area contributed by atoms with Crippen LogP contribution >= 0.6 is 0 Å². The van der Waals surface area contributed by atoms with E-state index in [0.717, 1.165) is 18.1 Å². The number of likely N-dealkylation sites (N-methyl/N-ethyl adjacent to an activating group) is 1. The number of aromatic amines is 1. The molecule has 82 valence electrons. The Hall–Kier alpha value is -1.36. The van der Waals surface area contributed by atoms with Crippen LogP contribution in [0.15, 0.2) is 6.20 Å². The molecule has 1 aromatic rings. The van der Waals surface area contributed by atoms with Crippen molar-refractivity contribution in [2.75, 3.05) is 20.1 Å². The second kappa shape index (κ2) is 3.34. The average molecular weight is 210 g/mol. The number of carbonyl (C=O) groups is 1. The highest BCUT2D eigenvalue weighted by molar-refractivity contribution is 5.61. The number of rotatable bonds is 2. The Morgan fingerprint density at radius 2 is 2.47 bits per heavy atom. The number of aryl methyl sites for hydroxylation is 1. The van der Waals surface area contributed by atoms with Gasteiger partial charge in [0, 0.05) is 0 Å². The lowest BCUT2D eigenvalue weighted by Crippen LogP contribution is -2.44. The highest BCUT2D eigenvalue weighted by Crippen LogP contribution is 2.28. The first-order valence-electron chi connectivity index (χ1n) is 5.12. The maximum Gasteiger partial charge on any atom is 0.516 e. The summed E-state index contributed by atoms with van der Waals surface area (Å²) in [4.78, 5) is 18.8. The fourth-order valence-electron chi connectivity index (χ4n) is 1.75. The minimum absolute atomic E-state index is 0.158. The number of hydrogen-bond acceptors (Lipinski definition) is 3. The molecule has 0 radical (unpaired) electrons. The summed E-state index contributed by atoms with van der Waals surface area (Å²) in [7, 11) is 1.89. The second-order valence-electron chi connectivity index (χ2n) is 4.19. The Labute approximate surface area is 88.7 Å². The molecule has 0 saturated carbocycles. The third-order valence-corrected chi connectivity index (χ3v) is 3.02. The van der Waals surface area contributed by atoms with Crippen molar-refractivity contribution >= 4 is 6.09 Å². The van der Waals surface area contributed by atoms with Crippen molar-refractivity contribution in [3.8, 4) is 0 Å². The monoisotopic (exact) mass is 210 g/mol. The summed E-state index contributed by atoms with van der Waals surface area (Å²) in [6.45, 7) is 5.30. The van der Waals surface area contributed by atoms with Gasteiger partial charge in [-0.15, -0.1) is 0 Å². The first-order valence-corrected chi connectivity index (χ1v) is 5.12. The summed E-state index contributed by atoms with van der Waals surface area (Å²) in [5.74, 6) is 0.846. The van der Waals surface area contributed by atoms with E-state index in [2.05, 4.69) is 9.97 Å². The van der Waals surface area contributed by atoms with Crippen LogP contribution in [-0.4, -0.2) is 40.7 Å². The van der Waals surface area contributed by atoms with Gasteiger partial charge in [0.1, 0.15) is 12.4 Å². The lowest BCUT2D eigenvalue weighted by Gasteiger charge is -2.19. The van der Waals surface area contributed by atoms with Crippen LogP contribution < -0.4 is 0 Å². The van der Waals surface area contributed by atoms with Crippen LogP contribution in [0.25, 0.3) is 0 Å². The number of nitrogens with one attached hydrogen (secondary N) is 1. The van der Waals surface area contributed by atoms with E-state index in [0.29, 0.717) is 11.0 Å². The maximum absolute atomic E-state index is 11.6. The quantitative estimate of drug-likeness (QED) is 0.750. The molecule has 5 nitrogen and oxygen atoms in total. The first kappa shape index (κ1) is 10.2. The summed E-state index contributed by atoms with van der Waals surface area (Å²) in [6, 6.07) is 0. The van der Waals surface area contributed by atoms with Gasteiger partial charge < -0.3 is 9.72 Å². The molecule has 1 aliphatic rings. The molecule has 2 rings (SSSR count). The number of nitrogens with zero attached hydrogens (tertiary/aromatic N) is 2. The number of H-pyrrole nitrogens is 1. The van der Waals surface area contributed by atoms with E-state index in [1.165, 1.54) is 0 Å². The Balaban J connectivity index is 2.19. The number of quaternary nitrogens is 1. The summed E-state index contributed by atoms with van der Waals surface area (Å²) in [5.41, 5.74) is 0.885. The van der Waals surface area contributed by atoms with Gasteiger partial charge >= 0.3 is 6.09 Å². The van der Waals surface area contributed by atoms with Crippen molar-refractivity contribution in [1.82, 2.24) is 9.97 Å². The van der Waals surface area contributed by atoms with E-state index in [4.69, 9.17) is 4.74 Å². The van der Waals surface area contributed by atoms with E-state index in [-0.39, 0.29) is 12.2 Å². The molecular weight excluding hydrogens is 194 g/mol. The molecule has 1 unspecified atom stereocenters. The number of cyclic esters (lactones) is 1. The van der Waals surface area contributed by atoms with Gasteiger partial charge in [-0.05, 0) is 13.8 Å². The zero-order valence-corrected chi connectivity index (χ0v) is 9.28. The fourth-order valence-corrected chi connectivity index (χ4v) is 1.75. The van der Waals surface area contributed by atoms with Crippen LogP contribution in [0.5, 0.6) is 0 Å². The molecule has 2 heterocycles. The van der Waals surface area contributed by atoms with Crippen LogP contribution in [0.4, 0.5) is 4.79 Å². The standard InChI is InChI=1S/C10H16N3O2/c1-4-13(3)6-9(15-10(13)14)8-5-11-7(2)12-8/h5,9H,4,6H2,1-3H3,(H,11,12)/q+1/t9?,13-/m0/s1. The molecule has 1 amide bonds. The van der Waals surface area contributed by atoms with Crippen molar-refractivity contribution in [1.29, 1.82) is 0 Å². The highest BCUT2D eigenvalue weighted by atomic mass is 16.6. The van der Waals surface area contributed by atoms with Crippen molar-refractivity contribution in [2.45, 2.75) is 20.0 Å². The third kappa shape index (κ3) is 1.63. The third-order valence-electron chi connectivity index (χ3n) is 3.02. The maximum atomic E-state index is 11.6. The van der Waals surface area contributed by atoms with Crippen molar-refractivity contribution in [3.05, 3.63) is 17.7 Å². The molecule has 0 aliphatic carbocycles. The minimum atomic E-state index is -0.177. The van der Waals surface area contributed by atoms with Gasteiger partial charge in [-0.2, -0.15) is 4.79 Å². The van der Waals surface area contributed by atoms with E-state index in [9.17, 15) is 4.79 Å². The summed E-state index contributed by atoms with van der Waals surface area (Å²) in [6.07, 6.45) is 1.40. The molecule has 1 N–H and O–H groups in total. The van der Waals surface area contributed by atoms with Crippen LogP contribution in [0.2, 0.25) is 0 Å². The normalized spacial score (nSPS) is 30.6. The lowest BCUT2D eigenvalue weighted by atomic mass is 10.2. The number of carbonyl (C=O) groups excluding carboxylic acids is 1. The number of aromatic nitrogens is 2.